The number of carbonyl (C=O) groups excluding carboxylic acids is 1. The predicted octanol–water partition coefficient (Wildman–Crippen LogP) is 8.76. The van der Waals surface area contributed by atoms with Crippen molar-refractivity contribution in [3.8, 4) is 11.5 Å². The van der Waals surface area contributed by atoms with Crippen molar-refractivity contribution in [3.63, 3.8) is 0 Å². The van der Waals surface area contributed by atoms with Gasteiger partial charge in [-0.1, -0.05) is 95.8 Å². The molecule has 0 atom stereocenters. The second-order valence-electron chi connectivity index (χ2n) is 10.1. The van der Waals surface area contributed by atoms with Gasteiger partial charge in [-0.15, -0.1) is 11.8 Å². The molecule has 1 N–H and O–H groups in total. The molecule has 0 spiro atoms. The molecule has 5 nitrogen and oxygen atoms in total. The number of thioether (sulfide) groups is 1. The van der Waals surface area contributed by atoms with Crippen LogP contribution in [0.15, 0.2) is 60.1 Å². The maximum absolute atomic E-state index is 12.4. The summed E-state index contributed by atoms with van der Waals surface area (Å²) in [5.41, 5.74) is 1.94. The first-order valence-electron chi connectivity index (χ1n) is 14.5. The van der Waals surface area contributed by atoms with Gasteiger partial charge in [0.05, 0.1) is 12.5 Å². The van der Waals surface area contributed by atoms with Gasteiger partial charge in [0, 0.05) is 24.5 Å². The fourth-order valence-electron chi connectivity index (χ4n) is 4.52. The van der Waals surface area contributed by atoms with Crippen LogP contribution < -0.4 is 14.8 Å². The lowest BCUT2D eigenvalue weighted by Gasteiger charge is -2.15. The number of rotatable bonds is 20. The Labute approximate surface area is 234 Å². The van der Waals surface area contributed by atoms with Crippen molar-refractivity contribution in [2.24, 2.45) is 0 Å². The van der Waals surface area contributed by atoms with E-state index in [0.29, 0.717) is 12.4 Å². The Morgan fingerprint density at radius 2 is 1.50 bits per heavy atom. The molecule has 38 heavy (non-hydrogen) atoms. The normalized spacial score (nSPS) is 12.6. The highest BCUT2D eigenvalue weighted by molar-refractivity contribution is 8.02. The summed E-state index contributed by atoms with van der Waals surface area (Å²) in [6, 6.07) is 15.5. The van der Waals surface area contributed by atoms with Crippen molar-refractivity contribution < 1.29 is 14.3 Å². The zero-order valence-electron chi connectivity index (χ0n) is 23.2. The lowest BCUT2D eigenvalue weighted by Crippen LogP contribution is -2.20. The van der Waals surface area contributed by atoms with Gasteiger partial charge in [-0.05, 0) is 41.7 Å². The van der Waals surface area contributed by atoms with Crippen molar-refractivity contribution >= 4 is 23.4 Å². The lowest BCUT2D eigenvalue weighted by molar-refractivity contribution is -0.118. The molecule has 6 heteroatoms. The maximum Gasteiger partial charge on any atom is 0.262 e. The van der Waals surface area contributed by atoms with E-state index in [1.54, 1.807) is 11.8 Å². The van der Waals surface area contributed by atoms with Crippen LogP contribution in [0.2, 0.25) is 0 Å². The lowest BCUT2D eigenvalue weighted by atomic mass is 10.1. The third-order valence-electron chi connectivity index (χ3n) is 6.65. The van der Waals surface area contributed by atoms with Gasteiger partial charge in [-0.2, -0.15) is 0 Å². The molecule has 1 aliphatic heterocycles. The van der Waals surface area contributed by atoms with Gasteiger partial charge < -0.3 is 19.7 Å². The molecule has 208 valence electrons. The monoisotopic (exact) mass is 538 g/mol. The number of unbranched alkanes of at least 4 members (excludes halogenated alkanes) is 11. The molecule has 1 amide bonds. The standard InChI is InChI=1S/C32H46N2O3S/c1-2-3-4-5-6-7-8-9-10-11-12-13-21-36-30-18-15-19-31(24-30)37-26-32(35)33-29-17-14-16-28(23-29)25-34-20-22-38-27-34/h14-20,22-24H,2-13,21,25-27H2,1H3,(H,33,35). The largest absolute Gasteiger partial charge is 0.493 e. The van der Waals surface area contributed by atoms with Crippen molar-refractivity contribution in [3.05, 3.63) is 65.7 Å². The first kappa shape index (κ1) is 29.9. The van der Waals surface area contributed by atoms with Gasteiger partial charge in [-0.25, -0.2) is 0 Å². The molecular weight excluding hydrogens is 492 g/mol. The van der Waals surface area contributed by atoms with Crippen LogP contribution in [0.4, 0.5) is 5.69 Å². The quantitative estimate of drug-likeness (QED) is 0.171. The molecule has 0 bridgehead atoms. The van der Waals surface area contributed by atoms with Crippen LogP contribution in [0, 0.1) is 0 Å². The summed E-state index contributed by atoms with van der Waals surface area (Å²) in [5, 5.41) is 5.03. The number of hydrogen-bond donors (Lipinski definition) is 1. The van der Waals surface area contributed by atoms with E-state index >= 15 is 0 Å². The van der Waals surface area contributed by atoms with Gasteiger partial charge in [-0.3, -0.25) is 4.79 Å². The summed E-state index contributed by atoms with van der Waals surface area (Å²) in [6.45, 7) is 3.77. The van der Waals surface area contributed by atoms with E-state index in [-0.39, 0.29) is 12.5 Å². The topological polar surface area (TPSA) is 50.8 Å². The number of benzene rings is 2. The Hall–Kier alpha value is -2.60. The number of carbonyl (C=O) groups is 1. The van der Waals surface area contributed by atoms with E-state index in [9.17, 15) is 4.79 Å². The van der Waals surface area contributed by atoms with Gasteiger partial charge in [0.25, 0.3) is 5.91 Å². The van der Waals surface area contributed by atoms with Crippen LogP contribution in [-0.4, -0.2) is 29.9 Å². The molecule has 0 saturated heterocycles. The highest BCUT2D eigenvalue weighted by Crippen LogP contribution is 2.21. The minimum absolute atomic E-state index is 0.0437. The Balaban J connectivity index is 1.24. The Morgan fingerprint density at radius 3 is 2.18 bits per heavy atom. The second kappa shape index (κ2) is 18.6. The summed E-state index contributed by atoms with van der Waals surface area (Å²) in [5.74, 6) is 2.21. The average molecular weight is 539 g/mol. The number of amides is 1. The molecule has 1 aliphatic rings. The van der Waals surface area contributed by atoms with Crippen LogP contribution in [0.1, 0.15) is 89.5 Å². The van der Waals surface area contributed by atoms with Gasteiger partial charge in [0.2, 0.25) is 0 Å². The van der Waals surface area contributed by atoms with Crippen LogP contribution in [0.25, 0.3) is 0 Å². The summed E-state index contributed by atoms with van der Waals surface area (Å²) in [4.78, 5) is 14.7. The van der Waals surface area contributed by atoms with E-state index in [1.165, 1.54) is 70.6 Å². The van der Waals surface area contributed by atoms with Crippen LogP contribution in [0.3, 0.4) is 0 Å². The first-order valence-corrected chi connectivity index (χ1v) is 15.5. The first-order chi connectivity index (χ1) is 18.7. The second-order valence-corrected chi connectivity index (χ2v) is 10.9. The minimum atomic E-state index is -0.179. The fourth-order valence-corrected chi connectivity index (χ4v) is 5.24. The van der Waals surface area contributed by atoms with Gasteiger partial charge in [0.15, 0.2) is 6.61 Å². The fraction of sp³-hybridized carbons (Fsp3) is 0.531. The Bertz CT molecular complexity index is 965. The number of nitrogens with zero attached hydrogens (tertiary/aromatic N) is 1. The van der Waals surface area contributed by atoms with Crippen molar-refractivity contribution in [1.82, 2.24) is 4.90 Å². The molecule has 0 unspecified atom stereocenters. The van der Waals surface area contributed by atoms with Crippen molar-refractivity contribution in [1.29, 1.82) is 0 Å². The molecule has 3 rings (SSSR count). The smallest absolute Gasteiger partial charge is 0.262 e. The van der Waals surface area contributed by atoms with Crippen LogP contribution in [-0.2, 0) is 11.3 Å². The number of nitrogens with one attached hydrogen (secondary N) is 1. The SMILES string of the molecule is CCCCCCCCCCCCCCOc1cccc(OCC(=O)Nc2cccc(CN3C=CSC3)c2)c1. The molecule has 2 aromatic carbocycles. The average Bonchev–Trinajstić information content (AvgIpc) is 3.44. The van der Waals surface area contributed by atoms with Gasteiger partial charge >= 0.3 is 0 Å². The Morgan fingerprint density at radius 1 is 0.842 bits per heavy atom. The summed E-state index contributed by atoms with van der Waals surface area (Å²) in [7, 11) is 0. The van der Waals surface area contributed by atoms with Crippen LogP contribution >= 0.6 is 11.8 Å². The molecule has 0 aliphatic carbocycles. The van der Waals surface area contributed by atoms with Crippen molar-refractivity contribution in [2.45, 2.75) is 90.5 Å². The Kier molecular flexibility index (Phi) is 14.7. The highest BCUT2D eigenvalue weighted by atomic mass is 32.2. The molecule has 1 heterocycles. The van der Waals surface area contributed by atoms with E-state index in [2.05, 4.69) is 34.8 Å². The minimum Gasteiger partial charge on any atom is -0.493 e. The number of anilines is 1. The summed E-state index contributed by atoms with van der Waals surface area (Å²) in [6.07, 6.45) is 18.1. The molecule has 0 fully saturated rings. The third-order valence-corrected chi connectivity index (χ3v) is 7.44. The molecule has 2 aromatic rings. The van der Waals surface area contributed by atoms with E-state index < -0.39 is 0 Å². The zero-order chi connectivity index (χ0) is 26.7. The zero-order valence-corrected chi connectivity index (χ0v) is 24.0. The van der Waals surface area contributed by atoms with Crippen LogP contribution in [0.5, 0.6) is 11.5 Å². The van der Waals surface area contributed by atoms with E-state index in [1.807, 2.05) is 42.5 Å². The number of ether oxygens (including phenoxy) is 2. The molecule has 0 aromatic heterocycles. The van der Waals surface area contributed by atoms with Gasteiger partial charge in [0.1, 0.15) is 11.5 Å². The summed E-state index contributed by atoms with van der Waals surface area (Å²) >= 11 is 1.78. The molecular formula is C32H46N2O3S. The summed E-state index contributed by atoms with van der Waals surface area (Å²) < 4.78 is 11.6. The number of hydrogen-bond acceptors (Lipinski definition) is 5. The predicted molar refractivity (Wildman–Crippen MR) is 161 cm³/mol. The maximum atomic E-state index is 12.4. The molecule has 0 radical (unpaired) electrons. The highest BCUT2D eigenvalue weighted by Gasteiger charge is 2.08. The molecule has 0 saturated carbocycles. The van der Waals surface area contributed by atoms with E-state index in [4.69, 9.17) is 9.47 Å². The third kappa shape index (κ3) is 12.8. The van der Waals surface area contributed by atoms with E-state index in [0.717, 1.165) is 35.8 Å². The van der Waals surface area contributed by atoms with Crippen molar-refractivity contribution in [2.75, 3.05) is 24.4 Å².